The van der Waals surface area contributed by atoms with E-state index >= 15 is 0 Å². The van der Waals surface area contributed by atoms with Crippen LogP contribution in [0, 0.1) is 0 Å². The van der Waals surface area contributed by atoms with Crippen molar-refractivity contribution >= 4 is 33.7 Å². The van der Waals surface area contributed by atoms with Crippen LogP contribution < -0.4 is 5.73 Å². The molecule has 0 bridgehead atoms. The van der Waals surface area contributed by atoms with Crippen molar-refractivity contribution < 1.29 is 14.6 Å². The number of hydrogen-bond acceptors (Lipinski definition) is 6. The first-order chi connectivity index (χ1) is 17.0. The minimum Gasteiger partial charge on any atom is -0.478 e. The molecule has 2 aromatic heterocycles. The smallest absolute Gasteiger partial charge is 0.335 e. The van der Waals surface area contributed by atoms with Crippen LogP contribution in [-0.4, -0.2) is 56.8 Å². The first-order valence-electron chi connectivity index (χ1n) is 12.2. The second-order valence-corrected chi connectivity index (χ2v) is 9.15. The van der Waals surface area contributed by atoms with Gasteiger partial charge in [-0.15, -0.1) is 0 Å². The van der Waals surface area contributed by atoms with Gasteiger partial charge in [0.15, 0.2) is 5.82 Å². The number of pyridine rings is 1. The molecule has 3 heterocycles. The van der Waals surface area contributed by atoms with Crippen LogP contribution in [-0.2, 0) is 24.2 Å². The zero-order valence-electron chi connectivity index (χ0n) is 20.0. The van der Waals surface area contributed by atoms with Gasteiger partial charge in [0.1, 0.15) is 11.3 Å². The number of benzene rings is 2. The van der Waals surface area contributed by atoms with Gasteiger partial charge in [0, 0.05) is 38.0 Å². The van der Waals surface area contributed by atoms with Crippen LogP contribution in [0.1, 0.15) is 47.1 Å². The van der Waals surface area contributed by atoms with E-state index in [0.29, 0.717) is 23.4 Å². The molecule has 182 valence electrons. The minimum atomic E-state index is -0.985. The van der Waals surface area contributed by atoms with Crippen LogP contribution in [0.25, 0.3) is 21.9 Å². The van der Waals surface area contributed by atoms with Crippen molar-refractivity contribution in [3.8, 4) is 0 Å². The summed E-state index contributed by atoms with van der Waals surface area (Å²) in [5, 5.41) is 10.3. The number of morpholine rings is 1. The molecule has 1 aliphatic rings. The van der Waals surface area contributed by atoms with Crippen molar-refractivity contribution in [3.63, 3.8) is 0 Å². The van der Waals surface area contributed by atoms with E-state index < -0.39 is 5.97 Å². The van der Waals surface area contributed by atoms with E-state index in [1.165, 1.54) is 11.1 Å². The summed E-state index contributed by atoms with van der Waals surface area (Å²) in [6.07, 6.45) is 2.93. The Morgan fingerprint density at radius 1 is 1.06 bits per heavy atom. The molecule has 8 nitrogen and oxygen atoms in total. The number of nitrogen functional groups attached to an aromatic ring is 1. The fourth-order valence-electron chi connectivity index (χ4n) is 4.74. The maximum Gasteiger partial charge on any atom is 0.335 e. The lowest BCUT2D eigenvalue weighted by molar-refractivity contribution is 0.0342. The van der Waals surface area contributed by atoms with Crippen molar-refractivity contribution in [1.82, 2.24) is 19.4 Å². The topological polar surface area (TPSA) is 106 Å². The lowest BCUT2D eigenvalue weighted by Crippen LogP contribution is -2.35. The number of aromatic carboxylic acids is 1. The third-order valence-corrected chi connectivity index (χ3v) is 6.66. The van der Waals surface area contributed by atoms with Crippen LogP contribution in [0.2, 0.25) is 0 Å². The summed E-state index contributed by atoms with van der Waals surface area (Å²) >= 11 is 0. The fraction of sp³-hybridized carbons (Fsp3) is 0.370. The Hall–Kier alpha value is -3.49. The third kappa shape index (κ3) is 4.85. The van der Waals surface area contributed by atoms with E-state index in [-0.39, 0.29) is 5.56 Å². The predicted octanol–water partition coefficient (Wildman–Crippen LogP) is 4.09. The number of aryl methyl sites for hydroxylation is 1. The van der Waals surface area contributed by atoms with Gasteiger partial charge in [0.25, 0.3) is 0 Å². The number of nitrogens with zero attached hydrogens (tertiary/aromatic N) is 4. The molecule has 5 rings (SSSR count). The van der Waals surface area contributed by atoms with Crippen molar-refractivity contribution in [2.45, 2.75) is 39.3 Å². The van der Waals surface area contributed by atoms with Crippen LogP contribution in [0.15, 0.2) is 42.5 Å². The highest BCUT2D eigenvalue weighted by Gasteiger charge is 2.19. The number of aromatic nitrogens is 3. The number of ether oxygens (including phenoxy) is 1. The van der Waals surface area contributed by atoms with Gasteiger partial charge in [-0.2, -0.15) is 0 Å². The van der Waals surface area contributed by atoms with Gasteiger partial charge in [-0.3, -0.25) is 4.90 Å². The average Bonchev–Trinajstić information content (AvgIpc) is 3.23. The summed E-state index contributed by atoms with van der Waals surface area (Å²) in [7, 11) is 0. The van der Waals surface area contributed by atoms with Gasteiger partial charge in [0.05, 0.1) is 29.8 Å². The summed E-state index contributed by atoms with van der Waals surface area (Å²) in [4.78, 5) is 23.3. The molecule has 0 aliphatic carbocycles. The molecule has 0 atom stereocenters. The highest BCUT2D eigenvalue weighted by atomic mass is 16.5. The first kappa shape index (κ1) is 23.3. The molecule has 0 amide bonds. The number of rotatable bonds is 8. The molecule has 35 heavy (non-hydrogen) atoms. The van der Waals surface area contributed by atoms with E-state index in [4.69, 9.17) is 15.5 Å². The fourth-order valence-corrected chi connectivity index (χ4v) is 4.74. The number of anilines is 1. The molecular weight excluding hydrogens is 442 g/mol. The number of carboxylic acid groups (broad SMARTS) is 1. The number of carboxylic acids is 1. The van der Waals surface area contributed by atoms with Crippen molar-refractivity contribution in [1.29, 1.82) is 0 Å². The van der Waals surface area contributed by atoms with E-state index in [9.17, 15) is 9.90 Å². The lowest BCUT2D eigenvalue weighted by atomic mass is 10.1. The Morgan fingerprint density at radius 3 is 2.46 bits per heavy atom. The number of carbonyl (C=O) groups is 1. The zero-order chi connectivity index (χ0) is 24.4. The number of nitrogens with two attached hydrogens (primary N) is 1. The average molecular weight is 474 g/mol. The van der Waals surface area contributed by atoms with Crippen LogP contribution >= 0.6 is 0 Å². The summed E-state index contributed by atoms with van der Waals surface area (Å²) in [5.41, 5.74) is 11.1. The van der Waals surface area contributed by atoms with Crippen LogP contribution in [0.3, 0.4) is 0 Å². The van der Waals surface area contributed by atoms with Crippen molar-refractivity contribution in [3.05, 3.63) is 65.0 Å². The van der Waals surface area contributed by atoms with Crippen LogP contribution in [0.4, 0.5) is 5.82 Å². The van der Waals surface area contributed by atoms with Gasteiger partial charge in [-0.25, -0.2) is 14.8 Å². The summed E-state index contributed by atoms with van der Waals surface area (Å²) in [5.74, 6) is 0.316. The summed E-state index contributed by atoms with van der Waals surface area (Å²) < 4.78 is 7.68. The number of imidazole rings is 1. The van der Waals surface area contributed by atoms with E-state index in [1.54, 1.807) is 12.1 Å². The standard InChI is InChI=1S/C27H31N5O3/c1-2-3-4-23-30-24-25(21-10-9-20(27(33)34)15-22(21)29-26(24)28)32(23)17-19-7-5-18(6-8-19)16-31-11-13-35-14-12-31/h5-10,15H,2-4,11-14,16-17H2,1H3,(H2,28,29)(H,33,34). The summed E-state index contributed by atoms with van der Waals surface area (Å²) in [6, 6.07) is 13.8. The van der Waals surface area contributed by atoms with Gasteiger partial charge >= 0.3 is 5.97 Å². The van der Waals surface area contributed by atoms with Crippen molar-refractivity contribution in [2.24, 2.45) is 0 Å². The monoisotopic (exact) mass is 473 g/mol. The Kier molecular flexibility index (Phi) is 6.66. The Balaban J connectivity index is 1.53. The first-order valence-corrected chi connectivity index (χ1v) is 12.2. The molecule has 8 heteroatoms. The molecular formula is C27H31N5O3. The second kappa shape index (κ2) is 10.0. The van der Waals surface area contributed by atoms with E-state index in [0.717, 1.165) is 68.8 Å². The molecule has 0 unspecified atom stereocenters. The normalized spacial score (nSPS) is 14.7. The molecule has 2 aromatic carbocycles. The maximum absolute atomic E-state index is 11.5. The highest BCUT2D eigenvalue weighted by molar-refractivity contribution is 6.08. The molecule has 1 aliphatic heterocycles. The number of hydrogen-bond donors (Lipinski definition) is 2. The molecule has 4 aromatic rings. The second-order valence-electron chi connectivity index (χ2n) is 9.15. The van der Waals surface area contributed by atoms with Gasteiger partial charge in [0.2, 0.25) is 0 Å². The molecule has 1 fully saturated rings. The van der Waals surface area contributed by atoms with Gasteiger partial charge in [-0.1, -0.05) is 37.6 Å². The SMILES string of the molecule is CCCCc1nc2c(N)nc3cc(C(=O)O)ccc3c2n1Cc1ccc(CN2CCOCC2)cc1. The lowest BCUT2D eigenvalue weighted by Gasteiger charge is -2.26. The van der Waals surface area contributed by atoms with Gasteiger partial charge < -0.3 is 20.1 Å². The maximum atomic E-state index is 11.5. The molecule has 0 spiro atoms. The Bertz CT molecular complexity index is 1360. The Morgan fingerprint density at radius 2 is 1.77 bits per heavy atom. The molecule has 3 N–H and O–H groups in total. The van der Waals surface area contributed by atoms with E-state index in [1.807, 2.05) is 6.07 Å². The molecule has 0 radical (unpaired) electrons. The Labute approximate surface area is 204 Å². The predicted molar refractivity (Wildman–Crippen MR) is 137 cm³/mol. The number of fused-ring (bicyclic) bond motifs is 3. The molecule has 1 saturated heterocycles. The summed E-state index contributed by atoms with van der Waals surface area (Å²) in [6.45, 7) is 7.29. The quantitative estimate of drug-likeness (QED) is 0.397. The van der Waals surface area contributed by atoms with E-state index in [2.05, 4.69) is 45.6 Å². The number of unbranched alkanes of at least 4 members (excludes halogenated alkanes) is 1. The minimum absolute atomic E-state index is 0.192. The van der Waals surface area contributed by atoms with Crippen molar-refractivity contribution in [2.75, 3.05) is 32.0 Å². The largest absolute Gasteiger partial charge is 0.478 e. The van der Waals surface area contributed by atoms with Crippen LogP contribution in [0.5, 0.6) is 0 Å². The zero-order valence-corrected chi connectivity index (χ0v) is 20.0. The molecule has 0 saturated carbocycles. The highest BCUT2D eigenvalue weighted by Crippen LogP contribution is 2.31. The third-order valence-electron chi connectivity index (χ3n) is 6.66. The van der Waals surface area contributed by atoms with Gasteiger partial charge in [-0.05, 0) is 35.7 Å².